The highest BCUT2D eigenvalue weighted by atomic mass is 16.1. The molecule has 1 aliphatic rings. The lowest BCUT2D eigenvalue weighted by Gasteiger charge is -2.19. The zero-order valence-electron chi connectivity index (χ0n) is 7.50. The summed E-state index contributed by atoms with van der Waals surface area (Å²) >= 11 is 0. The minimum absolute atomic E-state index is 0.215. The quantitative estimate of drug-likeness (QED) is 0.573. The van der Waals surface area contributed by atoms with E-state index in [2.05, 4.69) is 10.8 Å². The van der Waals surface area contributed by atoms with E-state index in [0.717, 1.165) is 18.7 Å². The van der Waals surface area contributed by atoms with Crippen molar-refractivity contribution in [2.24, 2.45) is 5.92 Å². The molecular formula is C10H13NO. The molecular weight excluding hydrogens is 150 g/mol. The molecule has 1 aromatic heterocycles. The Morgan fingerprint density at radius 2 is 2.33 bits per heavy atom. The van der Waals surface area contributed by atoms with Gasteiger partial charge in [-0.2, -0.15) is 0 Å². The Morgan fingerprint density at radius 3 is 3.08 bits per heavy atom. The summed E-state index contributed by atoms with van der Waals surface area (Å²) in [6.45, 7) is 5.04. The first-order chi connectivity index (χ1) is 5.68. The molecule has 64 valence electrons. The van der Waals surface area contributed by atoms with Gasteiger partial charge in [-0.1, -0.05) is 6.92 Å². The van der Waals surface area contributed by atoms with Gasteiger partial charge in [0.15, 0.2) is 5.78 Å². The Morgan fingerprint density at radius 1 is 1.58 bits per heavy atom. The first kappa shape index (κ1) is 7.59. The third-order valence-electron chi connectivity index (χ3n) is 2.54. The number of hydrogen-bond donors (Lipinski definition) is 0. The summed E-state index contributed by atoms with van der Waals surface area (Å²) in [7, 11) is 0. The van der Waals surface area contributed by atoms with Crippen molar-refractivity contribution in [2.75, 3.05) is 0 Å². The smallest absolute Gasteiger partial charge is 0.182 e. The highest BCUT2D eigenvalue weighted by Gasteiger charge is 2.23. The predicted molar refractivity (Wildman–Crippen MR) is 47.3 cm³/mol. The predicted octanol–water partition coefficient (Wildman–Crippen LogP) is 2.02. The van der Waals surface area contributed by atoms with Crippen LogP contribution >= 0.6 is 0 Å². The van der Waals surface area contributed by atoms with Crippen LogP contribution in [0.1, 0.15) is 29.4 Å². The van der Waals surface area contributed by atoms with Crippen LogP contribution in [0.5, 0.6) is 0 Å². The summed E-state index contributed by atoms with van der Waals surface area (Å²) in [6.07, 6.45) is 3.04. The number of fused-ring (bicyclic) bond motifs is 1. The summed E-state index contributed by atoms with van der Waals surface area (Å²) in [5, 5.41) is 0. The molecule has 2 heterocycles. The maximum atomic E-state index is 11.6. The number of carbonyl (C=O) groups is 1. The Kier molecular flexibility index (Phi) is 1.56. The van der Waals surface area contributed by atoms with Crippen LogP contribution in [0.15, 0.2) is 12.3 Å². The van der Waals surface area contributed by atoms with E-state index >= 15 is 0 Å². The normalized spacial score (nSPS) is 22.5. The number of carbonyl (C=O) groups excluding carboxylic acids is 1. The Labute approximate surface area is 72.2 Å². The van der Waals surface area contributed by atoms with Crippen LogP contribution in [0.25, 0.3) is 0 Å². The van der Waals surface area contributed by atoms with E-state index < -0.39 is 0 Å². The third kappa shape index (κ3) is 0.986. The second-order valence-electron chi connectivity index (χ2n) is 3.65. The van der Waals surface area contributed by atoms with Crippen LogP contribution in [-0.2, 0) is 6.54 Å². The van der Waals surface area contributed by atoms with Gasteiger partial charge in [-0.25, -0.2) is 0 Å². The third-order valence-corrected chi connectivity index (χ3v) is 2.54. The van der Waals surface area contributed by atoms with E-state index in [1.165, 1.54) is 5.56 Å². The van der Waals surface area contributed by atoms with Crippen molar-refractivity contribution in [3.8, 4) is 0 Å². The van der Waals surface area contributed by atoms with Gasteiger partial charge < -0.3 is 4.57 Å². The summed E-state index contributed by atoms with van der Waals surface area (Å²) in [4.78, 5) is 11.6. The number of ketones is 1. The lowest BCUT2D eigenvalue weighted by Crippen LogP contribution is -2.23. The molecule has 0 radical (unpaired) electrons. The fraction of sp³-hybridized carbons (Fsp3) is 0.500. The van der Waals surface area contributed by atoms with Crippen molar-refractivity contribution in [1.82, 2.24) is 4.57 Å². The minimum atomic E-state index is 0.215. The Hall–Kier alpha value is -1.05. The molecule has 2 rings (SSSR count). The van der Waals surface area contributed by atoms with Gasteiger partial charge in [0.05, 0.1) is 5.69 Å². The maximum Gasteiger partial charge on any atom is 0.182 e. The highest BCUT2D eigenvalue weighted by Crippen LogP contribution is 2.21. The van der Waals surface area contributed by atoms with Gasteiger partial charge >= 0.3 is 0 Å². The second kappa shape index (κ2) is 2.47. The molecule has 0 aliphatic carbocycles. The largest absolute Gasteiger partial charge is 0.345 e. The molecule has 0 spiro atoms. The summed E-state index contributed by atoms with van der Waals surface area (Å²) < 4.78 is 2.07. The molecule has 2 heteroatoms. The SMILES string of the molecule is Cc1cc2n(c1)CCC(C)C2=O. The molecule has 0 saturated heterocycles. The Balaban J connectivity index is 2.48. The van der Waals surface area contributed by atoms with Gasteiger partial charge in [-0.15, -0.1) is 0 Å². The van der Waals surface area contributed by atoms with E-state index in [0.29, 0.717) is 5.78 Å². The fourth-order valence-electron chi connectivity index (χ4n) is 1.77. The molecule has 0 saturated carbocycles. The molecule has 0 N–H and O–H groups in total. The minimum Gasteiger partial charge on any atom is -0.345 e. The van der Waals surface area contributed by atoms with E-state index in [9.17, 15) is 4.79 Å². The Bertz CT molecular complexity index is 325. The summed E-state index contributed by atoms with van der Waals surface area (Å²) in [5.74, 6) is 0.515. The molecule has 1 atom stereocenters. The van der Waals surface area contributed by atoms with E-state index in [-0.39, 0.29) is 5.92 Å². The molecule has 0 aromatic carbocycles. The molecule has 1 aromatic rings. The van der Waals surface area contributed by atoms with Crippen LogP contribution in [0.2, 0.25) is 0 Å². The van der Waals surface area contributed by atoms with Gasteiger partial charge in [-0.3, -0.25) is 4.79 Å². The van der Waals surface area contributed by atoms with E-state index in [1.54, 1.807) is 0 Å². The fourth-order valence-corrected chi connectivity index (χ4v) is 1.77. The van der Waals surface area contributed by atoms with E-state index in [1.807, 2.05) is 19.9 Å². The van der Waals surface area contributed by atoms with E-state index in [4.69, 9.17) is 0 Å². The standard InChI is InChI=1S/C10H13NO/c1-7-5-9-10(12)8(2)3-4-11(9)6-7/h5-6,8H,3-4H2,1-2H3. The lowest BCUT2D eigenvalue weighted by atomic mass is 9.97. The van der Waals surface area contributed by atoms with Gasteiger partial charge in [-0.05, 0) is 25.0 Å². The average Bonchev–Trinajstić information content (AvgIpc) is 2.39. The molecule has 1 aliphatic heterocycles. The number of Topliss-reactive ketones (excluding diaryl/α,β-unsaturated/α-hetero) is 1. The van der Waals surface area contributed by atoms with Crippen molar-refractivity contribution < 1.29 is 4.79 Å². The monoisotopic (exact) mass is 163 g/mol. The first-order valence-corrected chi connectivity index (χ1v) is 4.39. The summed E-state index contributed by atoms with van der Waals surface area (Å²) in [6, 6.07) is 1.98. The van der Waals surface area contributed by atoms with Gasteiger partial charge in [0.25, 0.3) is 0 Å². The van der Waals surface area contributed by atoms with Gasteiger partial charge in [0.1, 0.15) is 0 Å². The molecule has 1 unspecified atom stereocenters. The van der Waals surface area contributed by atoms with Crippen molar-refractivity contribution in [2.45, 2.75) is 26.8 Å². The number of aryl methyl sites for hydroxylation is 2. The molecule has 12 heavy (non-hydrogen) atoms. The number of rotatable bonds is 0. The van der Waals surface area contributed by atoms with Crippen LogP contribution < -0.4 is 0 Å². The average molecular weight is 163 g/mol. The maximum absolute atomic E-state index is 11.6. The van der Waals surface area contributed by atoms with Crippen molar-refractivity contribution in [3.63, 3.8) is 0 Å². The van der Waals surface area contributed by atoms with Gasteiger partial charge in [0.2, 0.25) is 0 Å². The molecule has 0 bridgehead atoms. The molecule has 0 amide bonds. The first-order valence-electron chi connectivity index (χ1n) is 4.39. The van der Waals surface area contributed by atoms with Gasteiger partial charge in [0, 0.05) is 18.7 Å². The number of aromatic nitrogens is 1. The van der Waals surface area contributed by atoms with Crippen LogP contribution in [0, 0.1) is 12.8 Å². The van der Waals surface area contributed by atoms with Crippen molar-refractivity contribution in [3.05, 3.63) is 23.5 Å². The second-order valence-corrected chi connectivity index (χ2v) is 3.65. The van der Waals surface area contributed by atoms with Crippen LogP contribution in [-0.4, -0.2) is 10.4 Å². The van der Waals surface area contributed by atoms with Crippen LogP contribution in [0.4, 0.5) is 0 Å². The molecule has 2 nitrogen and oxygen atoms in total. The van der Waals surface area contributed by atoms with Crippen molar-refractivity contribution in [1.29, 1.82) is 0 Å². The van der Waals surface area contributed by atoms with Crippen LogP contribution in [0.3, 0.4) is 0 Å². The van der Waals surface area contributed by atoms with Crippen molar-refractivity contribution >= 4 is 5.78 Å². The summed E-state index contributed by atoms with van der Waals surface area (Å²) in [5.41, 5.74) is 2.08. The highest BCUT2D eigenvalue weighted by molar-refractivity contribution is 5.97. The molecule has 0 fully saturated rings. The zero-order chi connectivity index (χ0) is 8.72. The lowest BCUT2D eigenvalue weighted by molar-refractivity contribution is 0.0891. The number of nitrogens with zero attached hydrogens (tertiary/aromatic N) is 1. The topological polar surface area (TPSA) is 22.0 Å². The zero-order valence-corrected chi connectivity index (χ0v) is 7.50. The number of hydrogen-bond acceptors (Lipinski definition) is 1.